The zero-order valence-electron chi connectivity index (χ0n) is 21.2. The Balaban J connectivity index is 2.04. The minimum atomic E-state index is -3.81. The number of rotatable bonds is 11. The molecule has 0 aliphatic carbocycles. The van der Waals surface area contributed by atoms with E-state index >= 15 is 0 Å². The summed E-state index contributed by atoms with van der Waals surface area (Å²) in [5.74, 6) is -0.778. The number of anilines is 1. The lowest BCUT2D eigenvalue weighted by Crippen LogP contribution is -2.54. The van der Waals surface area contributed by atoms with E-state index in [1.165, 1.54) is 4.90 Å². The molecule has 0 radical (unpaired) electrons. The van der Waals surface area contributed by atoms with Crippen LogP contribution in [0.5, 0.6) is 0 Å². The van der Waals surface area contributed by atoms with Crippen molar-refractivity contribution in [2.24, 2.45) is 0 Å². The second kappa shape index (κ2) is 12.9. The first kappa shape index (κ1) is 28.4. The minimum Gasteiger partial charge on any atom is -0.352 e. The largest absolute Gasteiger partial charge is 0.352 e. The molecule has 2 amide bonds. The van der Waals surface area contributed by atoms with E-state index < -0.39 is 28.5 Å². The maximum Gasteiger partial charge on any atom is 0.244 e. The zero-order chi connectivity index (χ0) is 27.0. The number of amides is 2. The molecule has 0 saturated carbocycles. The summed E-state index contributed by atoms with van der Waals surface area (Å²) in [5.41, 5.74) is 2.07. The van der Waals surface area contributed by atoms with Gasteiger partial charge in [0.2, 0.25) is 21.8 Å². The Morgan fingerprint density at radius 3 is 1.95 bits per heavy atom. The molecule has 0 spiro atoms. The number of nitrogens with one attached hydrogen (secondary N) is 1. The number of sulfonamides is 1. The smallest absolute Gasteiger partial charge is 0.244 e. The first-order chi connectivity index (χ1) is 17.6. The molecule has 7 nitrogen and oxygen atoms in total. The van der Waals surface area contributed by atoms with Crippen LogP contribution in [-0.4, -0.2) is 50.0 Å². The Kier molecular flexibility index (Phi) is 9.88. The van der Waals surface area contributed by atoms with Crippen molar-refractivity contribution < 1.29 is 18.0 Å². The maximum atomic E-state index is 13.9. The Morgan fingerprint density at radius 2 is 1.41 bits per heavy atom. The molecular weight excluding hydrogens is 554 g/mol. The molecule has 0 aliphatic heterocycles. The van der Waals surface area contributed by atoms with Crippen molar-refractivity contribution in [2.45, 2.75) is 38.9 Å². The molecule has 0 unspecified atom stereocenters. The van der Waals surface area contributed by atoms with Gasteiger partial charge in [0, 0.05) is 23.5 Å². The van der Waals surface area contributed by atoms with E-state index in [-0.39, 0.29) is 24.9 Å². The van der Waals surface area contributed by atoms with E-state index in [9.17, 15) is 18.0 Å². The zero-order valence-corrected chi connectivity index (χ0v) is 23.6. The summed E-state index contributed by atoms with van der Waals surface area (Å²) in [6.07, 6.45) is 1.35. The summed E-state index contributed by atoms with van der Waals surface area (Å²) in [5, 5.41) is 2.94. The third-order valence-corrected chi connectivity index (χ3v) is 7.50. The molecule has 37 heavy (non-hydrogen) atoms. The van der Waals surface area contributed by atoms with Crippen molar-refractivity contribution in [1.29, 1.82) is 0 Å². The van der Waals surface area contributed by atoms with E-state index in [0.717, 1.165) is 21.7 Å². The third-order valence-electron chi connectivity index (χ3n) is 5.70. The number of hydrogen-bond acceptors (Lipinski definition) is 4. The Bertz CT molecular complexity index is 1300. The van der Waals surface area contributed by atoms with Gasteiger partial charge in [-0.15, -0.1) is 0 Å². The van der Waals surface area contributed by atoms with Gasteiger partial charge >= 0.3 is 0 Å². The molecule has 3 aromatic rings. The van der Waals surface area contributed by atoms with Crippen LogP contribution in [0.15, 0.2) is 89.4 Å². The van der Waals surface area contributed by atoms with E-state index in [1.807, 2.05) is 74.5 Å². The highest BCUT2D eigenvalue weighted by Gasteiger charge is 2.33. The Morgan fingerprint density at radius 1 is 0.865 bits per heavy atom. The molecule has 1 atom stereocenters. The number of hydrogen-bond donors (Lipinski definition) is 1. The number of carbonyl (C=O) groups excluding carboxylic acids is 2. The average molecular weight is 587 g/mol. The highest BCUT2D eigenvalue weighted by Crippen LogP contribution is 2.28. The average Bonchev–Trinajstić information content (AvgIpc) is 2.85. The lowest BCUT2D eigenvalue weighted by molar-refractivity contribution is -0.140. The molecule has 3 rings (SSSR count). The van der Waals surface area contributed by atoms with Crippen molar-refractivity contribution >= 4 is 43.5 Å². The monoisotopic (exact) mass is 585 g/mol. The summed E-state index contributed by atoms with van der Waals surface area (Å²) >= 11 is 3.40. The molecule has 0 heterocycles. The van der Waals surface area contributed by atoms with Gasteiger partial charge in [-0.1, -0.05) is 72.8 Å². The van der Waals surface area contributed by atoms with Crippen molar-refractivity contribution in [3.05, 3.63) is 101 Å². The fraction of sp³-hybridized carbons (Fsp3) is 0.286. The van der Waals surface area contributed by atoms with Gasteiger partial charge in [-0.05, 0) is 53.0 Å². The van der Waals surface area contributed by atoms with Gasteiger partial charge in [-0.2, -0.15) is 0 Å². The van der Waals surface area contributed by atoms with Crippen LogP contribution in [0.3, 0.4) is 0 Å². The topological polar surface area (TPSA) is 86.8 Å². The predicted octanol–water partition coefficient (Wildman–Crippen LogP) is 4.38. The van der Waals surface area contributed by atoms with E-state index in [0.29, 0.717) is 10.2 Å². The lowest BCUT2D eigenvalue weighted by atomic mass is 10.0. The highest BCUT2D eigenvalue weighted by molar-refractivity contribution is 9.10. The van der Waals surface area contributed by atoms with Gasteiger partial charge < -0.3 is 10.2 Å². The van der Waals surface area contributed by atoms with Gasteiger partial charge in [-0.25, -0.2) is 8.42 Å². The summed E-state index contributed by atoms with van der Waals surface area (Å²) in [6.45, 7) is 3.42. The van der Waals surface area contributed by atoms with Crippen LogP contribution < -0.4 is 9.62 Å². The number of nitrogens with zero attached hydrogens (tertiary/aromatic N) is 2. The first-order valence-electron chi connectivity index (χ1n) is 12.0. The molecule has 0 aliphatic rings. The first-order valence-corrected chi connectivity index (χ1v) is 14.6. The second-order valence-electron chi connectivity index (χ2n) is 9.10. The quantitative estimate of drug-likeness (QED) is 0.362. The molecular formula is C28H32BrN3O4S. The molecule has 0 saturated heterocycles. The number of benzene rings is 3. The van der Waals surface area contributed by atoms with Crippen LogP contribution in [-0.2, 0) is 32.6 Å². The normalized spacial score (nSPS) is 12.1. The van der Waals surface area contributed by atoms with Gasteiger partial charge in [0.15, 0.2) is 0 Å². The van der Waals surface area contributed by atoms with Gasteiger partial charge in [0.25, 0.3) is 0 Å². The third kappa shape index (κ3) is 8.16. The van der Waals surface area contributed by atoms with Crippen molar-refractivity contribution in [1.82, 2.24) is 10.2 Å². The van der Waals surface area contributed by atoms with Crippen LogP contribution in [0, 0.1) is 0 Å². The fourth-order valence-corrected chi connectivity index (χ4v) is 5.44. The summed E-state index contributed by atoms with van der Waals surface area (Å²) in [6, 6.07) is 24.7. The molecule has 0 bridgehead atoms. The summed E-state index contributed by atoms with van der Waals surface area (Å²) in [4.78, 5) is 28.9. The number of carbonyl (C=O) groups is 2. The maximum absolute atomic E-state index is 13.9. The van der Waals surface area contributed by atoms with E-state index in [2.05, 4.69) is 21.2 Å². The molecule has 0 fully saturated rings. The van der Waals surface area contributed by atoms with E-state index in [1.54, 1.807) is 24.3 Å². The fourth-order valence-electron chi connectivity index (χ4n) is 3.96. The van der Waals surface area contributed by atoms with Crippen LogP contribution in [0.2, 0.25) is 0 Å². The standard InChI is InChI=1S/C28H32BrN3O4S/c1-21(2)30-28(34)26(18-22-12-6-4-7-13-22)31(19-23-14-8-5-9-15-23)27(33)20-32(37(3,35)36)25-17-11-10-16-24(25)29/h4-17,21,26H,18-20H2,1-3H3,(H,30,34)/t26-/m0/s1. The van der Waals surface area contributed by atoms with Crippen LogP contribution >= 0.6 is 15.9 Å². The minimum absolute atomic E-state index is 0.132. The Hall–Kier alpha value is -3.17. The predicted molar refractivity (Wildman–Crippen MR) is 151 cm³/mol. The van der Waals surface area contributed by atoms with Crippen molar-refractivity contribution in [3.63, 3.8) is 0 Å². The highest BCUT2D eigenvalue weighted by atomic mass is 79.9. The molecule has 3 aromatic carbocycles. The van der Waals surface area contributed by atoms with Gasteiger partial charge in [0.05, 0.1) is 11.9 Å². The lowest BCUT2D eigenvalue weighted by Gasteiger charge is -2.34. The van der Waals surface area contributed by atoms with Gasteiger partial charge in [-0.3, -0.25) is 13.9 Å². The number of para-hydroxylation sites is 1. The summed E-state index contributed by atoms with van der Waals surface area (Å²) in [7, 11) is -3.81. The molecule has 1 N–H and O–H groups in total. The summed E-state index contributed by atoms with van der Waals surface area (Å²) < 4.78 is 27.2. The van der Waals surface area contributed by atoms with Crippen molar-refractivity contribution in [3.8, 4) is 0 Å². The molecule has 0 aromatic heterocycles. The van der Waals surface area contributed by atoms with E-state index in [4.69, 9.17) is 0 Å². The Labute approximate surface area is 227 Å². The molecule has 9 heteroatoms. The SMILES string of the molecule is CC(C)NC(=O)[C@H](Cc1ccccc1)N(Cc1ccccc1)C(=O)CN(c1ccccc1Br)S(C)(=O)=O. The van der Waals surface area contributed by atoms with Crippen LogP contribution in [0.25, 0.3) is 0 Å². The number of halogens is 1. The van der Waals surface area contributed by atoms with Crippen LogP contribution in [0.4, 0.5) is 5.69 Å². The van der Waals surface area contributed by atoms with Crippen LogP contribution in [0.1, 0.15) is 25.0 Å². The molecule has 196 valence electrons. The second-order valence-corrected chi connectivity index (χ2v) is 11.9. The van der Waals surface area contributed by atoms with Gasteiger partial charge in [0.1, 0.15) is 12.6 Å². The van der Waals surface area contributed by atoms with Crippen molar-refractivity contribution in [2.75, 3.05) is 17.1 Å².